The summed E-state index contributed by atoms with van der Waals surface area (Å²) in [6, 6.07) is 0. The van der Waals surface area contributed by atoms with Crippen molar-refractivity contribution in [3.8, 4) is 0 Å². The SMILES string of the molecule is C1CCC(CSCOCSCC2CCCCC2)CC1. The van der Waals surface area contributed by atoms with Crippen LogP contribution in [0.1, 0.15) is 64.2 Å². The van der Waals surface area contributed by atoms with Gasteiger partial charge in [-0.2, -0.15) is 0 Å². The normalized spacial score (nSPS) is 22.7. The third kappa shape index (κ3) is 7.29. The molecule has 2 fully saturated rings. The Morgan fingerprint density at radius 2 is 1.05 bits per heavy atom. The first-order chi connectivity index (χ1) is 9.45. The van der Waals surface area contributed by atoms with Crippen LogP contribution in [-0.2, 0) is 4.74 Å². The fourth-order valence-corrected chi connectivity index (χ4v) is 5.32. The van der Waals surface area contributed by atoms with Crippen LogP contribution in [0.2, 0.25) is 0 Å². The van der Waals surface area contributed by atoms with Crippen LogP contribution >= 0.6 is 23.5 Å². The molecule has 3 heteroatoms. The highest BCUT2D eigenvalue weighted by molar-refractivity contribution is 7.99. The number of rotatable bonds is 8. The first-order valence-electron chi connectivity index (χ1n) is 8.18. The van der Waals surface area contributed by atoms with Crippen molar-refractivity contribution in [2.75, 3.05) is 23.4 Å². The van der Waals surface area contributed by atoms with E-state index in [1.807, 2.05) is 23.5 Å². The summed E-state index contributed by atoms with van der Waals surface area (Å²) in [5.41, 5.74) is 0. The Hall–Kier alpha value is 0.660. The molecule has 0 aromatic rings. The Morgan fingerprint density at radius 1 is 0.632 bits per heavy atom. The minimum atomic E-state index is 0.911. The van der Waals surface area contributed by atoms with Crippen LogP contribution in [0.25, 0.3) is 0 Å². The minimum Gasteiger partial charge on any atom is -0.360 e. The average Bonchev–Trinajstić information content (AvgIpc) is 2.48. The summed E-state index contributed by atoms with van der Waals surface area (Å²) in [6.07, 6.45) is 14.6. The van der Waals surface area contributed by atoms with Crippen LogP contribution in [-0.4, -0.2) is 23.4 Å². The smallest absolute Gasteiger partial charge is 0.0932 e. The van der Waals surface area contributed by atoms with Gasteiger partial charge in [0.05, 0.1) is 11.9 Å². The van der Waals surface area contributed by atoms with E-state index in [9.17, 15) is 0 Å². The van der Waals surface area contributed by atoms with Gasteiger partial charge in [0, 0.05) is 0 Å². The highest BCUT2D eigenvalue weighted by Crippen LogP contribution is 2.28. The summed E-state index contributed by atoms with van der Waals surface area (Å²) in [5.74, 6) is 6.44. The molecule has 19 heavy (non-hydrogen) atoms. The molecule has 0 aliphatic heterocycles. The van der Waals surface area contributed by atoms with E-state index in [1.165, 1.54) is 75.7 Å². The van der Waals surface area contributed by atoms with Crippen LogP contribution in [0.4, 0.5) is 0 Å². The second kappa shape index (κ2) is 10.4. The Balaban J connectivity index is 1.35. The number of ether oxygens (including phenoxy) is 1. The van der Waals surface area contributed by atoms with E-state index in [1.54, 1.807) is 0 Å². The van der Waals surface area contributed by atoms with Gasteiger partial charge >= 0.3 is 0 Å². The van der Waals surface area contributed by atoms with Crippen LogP contribution in [0.5, 0.6) is 0 Å². The summed E-state index contributed by atoms with van der Waals surface area (Å²) in [5, 5.41) is 0. The molecule has 2 aliphatic rings. The van der Waals surface area contributed by atoms with Crippen LogP contribution in [0.3, 0.4) is 0 Å². The molecule has 112 valence electrons. The fraction of sp³-hybridized carbons (Fsp3) is 1.00. The second-order valence-corrected chi connectivity index (χ2v) is 8.14. The predicted octanol–water partition coefficient (Wildman–Crippen LogP) is 5.55. The zero-order valence-electron chi connectivity index (χ0n) is 12.3. The van der Waals surface area contributed by atoms with Gasteiger partial charge in [0.1, 0.15) is 0 Å². The molecule has 0 aromatic heterocycles. The highest BCUT2D eigenvalue weighted by atomic mass is 32.2. The van der Waals surface area contributed by atoms with Crippen molar-refractivity contribution in [1.82, 2.24) is 0 Å². The second-order valence-electron chi connectivity index (χ2n) is 6.19. The first kappa shape index (κ1) is 16.0. The predicted molar refractivity (Wildman–Crippen MR) is 88.9 cm³/mol. The van der Waals surface area contributed by atoms with E-state index >= 15 is 0 Å². The van der Waals surface area contributed by atoms with Crippen molar-refractivity contribution < 1.29 is 4.74 Å². The average molecular weight is 303 g/mol. The van der Waals surface area contributed by atoms with Gasteiger partial charge in [0.2, 0.25) is 0 Å². The van der Waals surface area contributed by atoms with E-state index < -0.39 is 0 Å². The lowest BCUT2D eigenvalue weighted by Gasteiger charge is -2.21. The molecule has 0 radical (unpaired) electrons. The lowest BCUT2D eigenvalue weighted by molar-refractivity contribution is 0.239. The van der Waals surface area contributed by atoms with Crippen molar-refractivity contribution >= 4 is 23.5 Å². The summed E-state index contributed by atoms with van der Waals surface area (Å²) in [6.45, 7) is 0. The quantitative estimate of drug-likeness (QED) is 0.430. The molecule has 0 saturated heterocycles. The molecule has 0 atom stereocenters. The fourth-order valence-electron chi connectivity index (χ4n) is 3.29. The molecule has 0 spiro atoms. The van der Waals surface area contributed by atoms with Crippen molar-refractivity contribution in [3.05, 3.63) is 0 Å². The third-order valence-corrected chi connectivity index (χ3v) is 6.57. The van der Waals surface area contributed by atoms with E-state index in [2.05, 4.69) is 0 Å². The molecule has 0 bridgehead atoms. The lowest BCUT2D eigenvalue weighted by atomic mass is 9.91. The van der Waals surface area contributed by atoms with E-state index in [-0.39, 0.29) is 0 Å². The monoisotopic (exact) mass is 302 g/mol. The molecular weight excluding hydrogens is 272 g/mol. The Bertz CT molecular complexity index is 189. The summed E-state index contributed by atoms with van der Waals surface area (Å²) < 4.78 is 5.74. The Kier molecular flexibility index (Phi) is 8.78. The zero-order valence-corrected chi connectivity index (χ0v) is 13.9. The topological polar surface area (TPSA) is 9.23 Å². The molecule has 0 N–H and O–H groups in total. The van der Waals surface area contributed by atoms with Crippen molar-refractivity contribution in [2.45, 2.75) is 64.2 Å². The molecule has 0 heterocycles. The number of hydrogen-bond acceptors (Lipinski definition) is 3. The number of hydrogen-bond donors (Lipinski definition) is 0. The summed E-state index contributed by atoms with van der Waals surface area (Å²) in [4.78, 5) is 0. The highest BCUT2D eigenvalue weighted by Gasteiger charge is 2.14. The van der Waals surface area contributed by atoms with Crippen molar-refractivity contribution in [2.24, 2.45) is 11.8 Å². The summed E-state index contributed by atoms with van der Waals surface area (Å²) in [7, 11) is 0. The van der Waals surface area contributed by atoms with E-state index in [4.69, 9.17) is 4.74 Å². The van der Waals surface area contributed by atoms with Gasteiger partial charge in [-0.05, 0) is 49.0 Å². The van der Waals surface area contributed by atoms with Gasteiger partial charge in [-0.1, -0.05) is 38.5 Å². The Labute approximate surface area is 128 Å². The van der Waals surface area contributed by atoms with Gasteiger partial charge in [0.25, 0.3) is 0 Å². The van der Waals surface area contributed by atoms with Gasteiger partial charge in [-0.3, -0.25) is 0 Å². The van der Waals surface area contributed by atoms with Gasteiger partial charge in [-0.15, -0.1) is 23.5 Å². The lowest BCUT2D eigenvalue weighted by Crippen LogP contribution is -2.10. The molecule has 2 rings (SSSR count). The van der Waals surface area contributed by atoms with E-state index in [0.29, 0.717) is 0 Å². The summed E-state index contributed by atoms with van der Waals surface area (Å²) >= 11 is 4.02. The molecule has 2 aliphatic carbocycles. The van der Waals surface area contributed by atoms with Gasteiger partial charge in [0.15, 0.2) is 0 Å². The zero-order chi connectivity index (χ0) is 13.2. The van der Waals surface area contributed by atoms with Gasteiger partial charge < -0.3 is 4.74 Å². The van der Waals surface area contributed by atoms with Crippen molar-refractivity contribution in [3.63, 3.8) is 0 Å². The number of thioether (sulfide) groups is 2. The first-order valence-corrected chi connectivity index (χ1v) is 10.5. The maximum absolute atomic E-state index is 5.74. The Morgan fingerprint density at radius 3 is 1.47 bits per heavy atom. The molecule has 0 amide bonds. The van der Waals surface area contributed by atoms with Crippen LogP contribution < -0.4 is 0 Å². The molecule has 0 aromatic carbocycles. The van der Waals surface area contributed by atoms with Crippen LogP contribution in [0, 0.1) is 11.8 Å². The molecule has 1 nitrogen and oxygen atoms in total. The van der Waals surface area contributed by atoms with E-state index in [0.717, 1.165) is 23.7 Å². The molecule has 0 unspecified atom stereocenters. The standard InChI is InChI=1S/C16H30OS2/c1-3-7-15(8-4-1)11-18-13-17-14-19-12-16-9-5-2-6-10-16/h15-16H,1-14H2. The maximum atomic E-state index is 5.74. The van der Waals surface area contributed by atoms with Crippen molar-refractivity contribution in [1.29, 1.82) is 0 Å². The molecule has 2 saturated carbocycles. The molecular formula is C16H30OS2. The van der Waals surface area contributed by atoms with Crippen LogP contribution in [0.15, 0.2) is 0 Å². The third-order valence-electron chi connectivity index (χ3n) is 4.49. The van der Waals surface area contributed by atoms with Gasteiger partial charge in [-0.25, -0.2) is 0 Å². The minimum absolute atomic E-state index is 0.911. The largest absolute Gasteiger partial charge is 0.360 e. The maximum Gasteiger partial charge on any atom is 0.0932 e.